The van der Waals surface area contributed by atoms with Gasteiger partial charge in [0.15, 0.2) is 0 Å². The monoisotopic (exact) mass is 248 g/mol. The molecule has 1 atom stereocenters. The summed E-state index contributed by atoms with van der Waals surface area (Å²) < 4.78 is 5.08. The molecule has 0 aliphatic heterocycles. The van der Waals surface area contributed by atoms with Gasteiger partial charge in [0.2, 0.25) is 0 Å². The van der Waals surface area contributed by atoms with Crippen LogP contribution in [0.3, 0.4) is 0 Å². The van der Waals surface area contributed by atoms with Crippen molar-refractivity contribution in [2.75, 3.05) is 20.7 Å². The van der Waals surface area contributed by atoms with Gasteiger partial charge in [-0.15, -0.1) is 0 Å². The van der Waals surface area contributed by atoms with Crippen molar-refractivity contribution in [3.8, 4) is 5.75 Å². The average Bonchev–Trinajstić information content (AvgIpc) is 3.23. The minimum atomic E-state index is 0.0278. The molecule has 0 spiro atoms. The Morgan fingerprint density at radius 1 is 1.44 bits per heavy atom. The number of methoxy groups -OCH3 is 1. The fourth-order valence-corrected chi connectivity index (χ4v) is 2.24. The number of carbonyl (C=O) groups is 1. The Balaban J connectivity index is 2.08. The van der Waals surface area contributed by atoms with E-state index in [9.17, 15) is 4.79 Å². The second-order valence-corrected chi connectivity index (χ2v) is 4.79. The summed E-state index contributed by atoms with van der Waals surface area (Å²) in [5.74, 6) is 1.37. The smallest absolute Gasteiger partial charge is 0.253 e. The van der Waals surface area contributed by atoms with Crippen LogP contribution >= 0.6 is 0 Å². The maximum Gasteiger partial charge on any atom is 0.253 e. The Labute approximate surface area is 108 Å². The number of ether oxygens (including phenoxy) is 1. The lowest BCUT2D eigenvalue weighted by Gasteiger charge is -2.27. The zero-order valence-electron chi connectivity index (χ0n) is 10.9. The quantitative estimate of drug-likeness (QED) is 0.859. The first kappa shape index (κ1) is 12.9. The lowest BCUT2D eigenvalue weighted by atomic mass is 10.1. The van der Waals surface area contributed by atoms with E-state index >= 15 is 0 Å². The first-order valence-electron chi connectivity index (χ1n) is 6.28. The summed E-state index contributed by atoms with van der Waals surface area (Å²) in [5, 5.41) is 0. The number of hydrogen-bond acceptors (Lipinski definition) is 3. The van der Waals surface area contributed by atoms with E-state index in [1.807, 2.05) is 7.05 Å². The number of amides is 1. The van der Waals surface area contributed by atoms with Gasteiger partial charge in [-0.25, -0.2) is 0 Å². The van der Waals surface area contributed by atoms with Gasteiger partial charge in [0.25, 0.3) is 5.91 Å². The molecule has 4 heteroatoms. The summed E-state index contributed by atoms with van der Waals surface area (Å²) in [7, 11) is 3.45. The fraction of sp³-hybridized carbons (Fsp3) is 0.500. The van der Waals surface area contributed by atoms with Gasteiger partial charge < -0.3 is 15.4 Å². The first-order valence-corrected chi connectivity index (χ1v) is 6.28. The number of rotatable bonds is 5. The Kier molecular flexibility index (Phi) is 3.87. The van der Waals surface area contributed by atoms with Gasteiger partial charge in [-0.2, -0.15) is 0 Å². The standard InChI is InChI=1S/C14H20N2O2/c1-16(13(9-15)10-3-4-10)14(17)11-5-7-12(18-2)8-6-11/h5-8,10,13H,3-4,9,15H2,1-2H3. The van der Waals surface area contributed by atoms with E-state index in [-0.39, 0.29) is 11.9 Å². The SMILES string of the molecule is COc1ccc(C(=O)N(C)C(CN)C2CC2)cc1. The van der Waals surface area contributed by atoms with Crippen LogP contribution in [0.5, 0.6) is 5.75 Å². The molecule has 1 aliphatic rings. The molecular weight excluding hydrogens is 228 g/mol. The normalized spacial score (nSPS) is 16.2. The van der Waals surface area contributed by atoms with Crippen molar-refractivity contribution in [3.05, 3.63) is 29.8 Å². The van der Waals surface area contributed by atoms with Crippen LogP contribution in [0.15, 0.2) is 24.3 Å². The third-order valence-electron chi connectivity index (χ3n) is 3.56. The summed E-state index contributed by atoms with van der Waals surface area (Å²) in [4.78, 5) is 14.1. The molecule has 0 bridgehead atoms. The summed E-state index contributed by atoms with van der Waals surface area (Å²) in [5.41, 5.74) is 6.44. The fourth-order valence-electron chi connectivity index (χ4n) is 2.24. The minimum Gasteiger partial charge on any atom is -0.497 e. The second kappa shape index (κ2) is 5.40. The average molecular weight is 248 g/mol. The van der Waals surface area contributed by atoms with Crippen molar-refractivity contribution in [1.29, 1.82) is 0 Å². The first-order chi connectivity index (χ1) is 8.67. The number of nitrogens with two attached hydrogens (primary N) is 1. The lowest BCUT2D eigenvalue weighted by molar-refractivity contribution is 0.0718. The van der Waals surface area contributed by atoms with Crippen LogP contribution in [0.4, 0.5) is 0 Å². The largest absolute Gasteiger partial charge is 0.497 e. The van der Waals surface area contributed by atoms with Crippen LogP contribution in [0.1, 0.15) is 23.2 Å². The lowest BCUT2D eigenvalue weighted by Crippen LogP contribution is -2.43. The molecule has 2 rings (SSSR count). The predicted octanol–water partition coefficient (Wildman–Crippen LogP) is 1.50. The van der Waals surface area contributed by atoms with Gasteiger partial charge >= 0.3 is 0 Å². The molecule has 0 aromatic heterocycles. The van der Waals surface area contributed by atoms with Crippen LogP contribution < -0.4 is 10.5 Å². The molecule has 2 N–H and O–H groups in total. The zero-order chi connectivity index (χ0) is 13.1. The number of likely N-dealkylation sites (N-methyl/N-ethyl adjacent to an activating group) is 1. The molecule has 18 heavy (non-hydrogen) atoms. The summed E-state index contributed by atoms with van der Waals surface area (Å²) in [6, 6.07) is 7.35. The molecule has 1 amide bonds. The van der Waals surface area contributed by atoms with Crippen LogP contribution in [0.25, 0.3) is 0 Å². The molecule has 1 unspecified atom stereocenters. The molecule has 0 radical (unpaired) electrons. The third-order valence-corrected chi connectivity index (χ3v) is 3.56. The van der Waals surface area contributed by atoms with E-state index in [4.69, 9.17) is 10.5 Å². The molecule has 1 aliphatic carbocycles. The predicted molar refractivity (Wildman–Crippen MR) is 70.7 cm³/mol. The number of nitrogens with zero attached hydrogens (tertiary/aromatic N) is 1. The van der Waals surface area contributed by atoms with Gasteiger partial charge in [0, 0.05) is 25.2 Å². The van der Waals surface area contributed by atoms with Crippen LogP contribution in [-0.4, -0.2) is 37.6 Å². The molecule has 98 valence electrons. The van der Waals surface area contributed by atoms with Crippen LogP contribution in [-0.2, 0) is 0 Å². The number of carbonyl (C=O) groups excluding carboxylic acids is 1. The molecule has 1 aromatic rings. The van der Waals surface area contributed by atoms with Crippen molar-refractivity contribution in [3.63, 3.8) is 0 Å². The van der Waals surface area contributed by atoms with Crippen molar-refractivity contribution in [2.45, 2.75) is 18.9 Å². The van der Waals surface area contributed by atoms with Gasteiger partial charge in [0.05, 0.1) is 7.11 Å². The molecule has 1 aromatic carbocycles. The molecular formula is C14H20N2O2. The summed E-state index contributed by atoms with van der Waals surface area (Å²) in [6.07, 6.45) is 2.37. The van der Waals surface area contributed by atoms with E-state index in [1.165, 1.54) is 12.8 Å². The Hall–Kier alpha value is -1.55. The molecule has 1 saturated carbocycles. The highest BCUT2D eigenvalue weighted by Crippen LogP contribution is 2.34. The van der Waals surface area contributed by atoms with Gasteiger partial charge in [0.1, 0.15) is 5.75 Å². The molecule has 0 heterocycles. The zero-order valence-corrected chi connectivity index (χ0v) is 10.9. The maximum absolute atomic E-state index is 12.3. The van der Waals surface area contributed by atoms with Crippen LogP contribution in [0.2, 0.25) is 0 Å². The van der Waals surface area contributed by atoms with Crippen molar-refractivity contribution in [1.82, 2.24) is 4.90 Å². The van der Waals surface area contributed by atoms with Gasteiger partial charge in [-0.3, -0.25) is 4.79 Å². The molecule has 0 saturated heterocycles. The van der Waals surface area contributed by atoms with E-state index in [0.29, 0.717) is 18.0 Å². The van der Waals surface area contributed by atoms with E-state index < -0.39 is 0 Å². The topological polar surface area (TPSA) is 55.6 Å². The highest BCUT2D eigenvalue weighted by molar-refractivity contribution is 5.94. The molecule has 4 nitrogen and oxygen atoms in total. The van der Waals surface area contributed by atoms with Crippen molar-refractivity contribution < 1.29 is 9.53 Å². The summed E-state index contributed by atoms with van der Waals surface area (Å²) >= 11 is 0. The minimum absolute atomic E-state index is 0.0278. The van der Waals surface area contributed by atoms with E-state index in [2.05, 4.69) is 0 Å². The van der Waals surface area contributed by atoms with Gasteiger partial charge in [-0.1, -0.05) is 0 Å². The number of hydrogen-bond donors (Lipinski definition) is 1. The Bertz CT molecular complexity index is 412. The second-order valence-electron chi connectivity index (χ2n) is 4.79. The summed E-state index contributed by atoms with van der Waals surface area (Å²) in [6.45, 7) is 0.531. The maximum atomic E-state index is 12.3. The number of benzene rings is 1. The van der Waals surface area contributed by atoms with E-state index in [1.54, 1.807) is 36.3 Å². The van der Waals surface area contributed by atoms with Crippen molar-refractivity contribution in [2.24, 2.45) is 11.7 Å². The molecule has 1 fully saturated rings. The Morgan fingerprint density at radius 3 is 2.50 bits per heavy atom. The van der Waals surface area contributed by atoms with Crippen LogP contribution in [0, 0.1) is 5.92 Å². The highest BCUT2D eigenvalue weighted by atomic mass is 16.5. The van der Waals surface area contributed by atoms with Gasteiger partial charge in [-0.05, 0) is 43.0 Å². The van der Waals surface area contributed by atoms with E-state index in [0.717, 1.165) is 5.75 Å². The highest BCUT2D eigenvalue weighted by Gasteiger charge is 2.34. The third kappa shape index (κ3) is 2.64. The Morgan fingerprint density at radius 2 is 2.06 bits per heavy atom. The van der Waals surface area contributed by atoms with Crippen molar-refractivity contribution >= 4 is 5.91 Å².